The van der Waals surface area contributed by atoms with E-state index >= 15 is 0 Å². The normalized spacial score (nSPS) is 10.8. The number of thiophene rings is 1. The quantitative estimate of drug-likeness (QED) is 0.914. The van der Waals surface area contributed by atoms with Gasteiger partial charge in [0.2, 0.25) is 5.91 Å². The molecule has 0 aliphatic carbocycles. The van der Waals surface area contributed by atoms with E-state index in [-0.39, 0.29) is 5.91 Å². The lowest BCUT2D eigenvalue weighted by Crippen LogP contribution is -2.24. The first-order chi connectivity index (χ1) is 8.65. The summed E-state index contributed by atoms with van der Waals surface area (Å²) in [7, 11) is 0. The van der Waals surface area contributed by atoms with Crippen molar-refractivity contribution >= 4 is 28.6 Å². The summed E-state index contributed by atoms with van der Waals surface area (Å²) < 4.78 is 0. The summed E-state index contributed by atoms with van der Waals surface area (Å²) >= 11 is 3.26. The van der Waals surface area contributed by atoms with E-state index in [0.29, 0.717) is 18.9 Å². The van der Waals surface area contributed by atoms with Crippen molar-refractivity contribution in [2.24, 2.45) is 0 Å². The van der Waals surface area contributed by atoms with Gasteiger partial charge in [0, 0.05) is 16.2 Å². The molecule has 0 aromatic carbocycles. The third-order valence-corrected chi connectivity index (χ3v) is 4.52. The topological polar surface area (TPSA) is 42.0 Å². The number of thiazole rings is 1. The lowest BCUT2D eigenvalue weighted by Gasteiger charge is -2.02. The number of nitrogens with zero attached hydrogens (tertiary/aromatic N) is 1. The van der Waals surface area contributed by atoms with Gasteiger partial charge in [-0.05, 0) is 11.4 Å². The second-order valence-corrected chi connectivity index (χ2v) is 6.29. The van der Waals surface area contributed by atoms with E-state index in [1.807, 2.05) is 22.9 Å². The Labute approximate surface area is 115 Å². The van der Waals surface area contributed by atoms with Gasteiger partial charge in [-0.15, -0.1) is 22.7 Å². The van der Waals surface area contributed by atoms with Crippen LogP contribution in [0.2, 0.25) is 0 Å². The summed E-state index contributed by atoms with van der Waals surface area (Å²) in [5.74, 6) is 0.502. The van der Waals surface area contributed by atoms with Gasteiger partial charge in [-0.3, -0.25) is 4.79 Å². The number of hydrogen-bond donors (Lipinski definition) is 1. The van der Waals surface area contributed by atoms with Crippen LogP contribution in [-0.2, 0) is 17.8 Å². The largest absolute Gasteiger partial charge is 0.350 e. The molecule has 0 unspecified atom stereocenters. The van der Waals surface area contributed by atoms with Crippen molar-refractivity contribution in [3.8, 4) is 0 Å². The first-order valence-electron chi connectivity index (χ1n) is 5.88. The molecule has 0 atom stereocenters. The summed E-state index contributed by atoms with van der Waals surface area (Å²) in [5, 5.41) is 8.02. The van der Waals surface area contributed by atoms with Crippen LogP contribution in [0.15, 0.2) is 22.9 Å². The maximum absolute atomic E-state index is 11.7. The predicted molar refractivity (Wildman–Crippen MR) is 76.1 cm³/mol. The zero-order chi connectivity index (χ0) is 13.0. The molecule has 0 spiro atoms. The van der Waals surface area contributed by atoms with E-state index in [2.05, 4.69) is 24.1 Å². The maximum atomic E-state index is 11.7. The van der Waals surface area contributed by atoms with E-state index in [0.717, 1.165) is 15.6 Å². The molecule has 5 heteroatoms. The van der Waals surface area contributed by atoms with Crippen LogP contribution in [0.3, 0.4) is 0 Å². The summed E-state index contributed by atoms with van der Waals surface area (Å²) in [6, 6.07) is 3.94. The molecule has 0 aliphatic heterocycles. The number of carbonyl (C=O) groups excluding carboxylic acids is 1. The van der Waals surface area contributed by atoms with Crippen molar-refractivity contribution in [3.05, 3.63) is 38.5 Å². The van der Waals surface area contributed by atoms with Crippen LogP contribution in [0.5, 0.6) is 0 Å². The standard InChI is InChI=1S/C13H16N2OS2/c1-9(2)13-15-10(8-18-13)7-14-12(16)6-11-4-3-5-17-11/h3-5,8-9H,6-7H2,1-2H3,(H,14,16). The van der Waals surface area contributed by atoms with Crippen LogP contribution in [0.1, 0.15) is 35.3 Å². The fourth-order valence-corrected chi connectivity index (χ4v) is 3.03. The zero-order valence-electron chi connectivity index (χ0n) is 10.5. The molecule has 2 aromatic heterocycles. The first-order valence-corrected chi connectivity index (χ1v) is 7.64. The Morgan fingerprint density at radius 2 is 2.28 bits per heavy atom. The van der Waals surface area contributed by atoms with Crippen LogP contribution < -0.4 is 5.32 Å². The highest BCUT2D eigenvalue weighted by Gasteiger charge is 2.08. The Bertz CT molecular complexity index is 503. The molecule has 2 rings (SSSR count). The van der Waals surface area contributed by atoms with Crippen molar-refractivity contribution in [2.45, 2.75) is 32.7 Å². The minimum atomic E-state index is 0.0524. The third kappa shape index (κ3) is 3.65. The highest BCUT2D eigenvalue weighted by atomic mass is 32.1. The number of amides is 1. The lowest BCUT2D eigenvalue weighted by molar-refractivity contribution is -0.120. The highest BCUT2D eigenvalue weighted by Crippen LogP contribution is 2.19. The molecule has 0 saturated heterocycles. The number of carbonyl (C=O) groups is 1. The van der Waals surface area contributed by atoms with E-state index in [1.54, 1.807) is 22.7 Å². The fraction of sp³-hybridized carbons (Fsp3) is 0.385. The van der Waals surface area contributed by atoms with Crippen molar-refractivity contribution < 1.29 is 4.79 Å². The molecule has 0 saturated carbocycles. The van der Waals surface area contributed by atoms with Crippen molar-refractivity contribution in [1.29, 1.82) is 0 Å². The van der Waals surface area contributed by atoms with Gasteiger partial charge in [-0.2, -0.15) is 0 Å². The third-order valence-electron chi connectivity index (χ3n) is 2.44. The van der Waals surface area contributed by atoms with Crippen molar-refractivity contribution in [1.82, 2.24) is 10.3 Å². The van der Waals surface area contributed by atoms with E-state index in [9.17, 15) is 4.79 Å². The molecule has 1 amide bonds. The Hall–Kier alpha value is -1.20. The highest BCUT2D eigenvalue weighted by molar-refractivity contribution is 7.10. The Kier molecular flexibility index (Phi) is 4.49. The van der Waals surface area contributed by atoms with E-state index in [1.165, 1.54) is 0 Å². The minimum Gasteiger partial charge on any atom is -0.350 e. The summed E-state index contributed by atoms with van der Waals surface area (Å²) in [6.07, 6.45) is 0.457. The molecular formula is C13H16N2OS2. The van der Waals surface area contributed by atoms with Gasteiger partial charge in [0.15, 0.2) is 0 Å². The minimum absolute atomic E-state index is 0.0524. The van der Waals surface area contributed by atoms with Crippen LogP contribution in [0.25, 0.3) is 0 Å². The first kappa shape index (κ1) is 13.2. The second-order valence-electron chi connectivity index (χ2n) is 4.36. The average Bonchev–Trinajstić information content (AvgIpc) is 2.96. The molecule has 0 fully saturated rings. The van der Waals surface area contributed by atoms with Gasteiger partial charge >= 0.3 is 0 Å². The second kappa shape index (κ2) is 6.11. The number of hydrogen-bond acceptors (Lipinski definition) is 4. The van der Waals surface area contributed by atoms with Gasteiger partial charge in [0.1, 0.15) is 0 Å². The molecule has 1 N–H and O–H groups in total. The van der Waals surface area contributed by atoms with E-state index < -0.39 is 0 Å². The molecule has 3 nitrogen and oxygen atoms in total. The van der Waals surface area contributed by atoms with Crippen LogP contribution in [0.4, 0.5) is 0 Å². The fourth-order valence-electron chi connectivity index (χ4n) is 1.49. The smallest absolute Gasteiger partial charge is 0.225 e. The predicted octanol–water partition coefficient (Wildman–Crippen LogP) is 3.19. The summed E-state index contributed by atoms with van der Waals surface area (Å²) in [6.45, 7) is 4.77. The average molecular weight is 280 g/mol. The van der Waals surface area contributed by atoms with Crippen LogP contribution in [0, 0.1) is 0 Å². The molecule has 0 radical (unpaired) electrons. The van der Waals surface area contributed by atoms with E-state index in [4.69, 9.17) is 0 Å². The maximum Gasteiger partial charge on any atom is 0.225 e. The van der Waals surface area contributed by atoms with Crippen molar-refractivity contribution in [2.75, 3.05) is 0 Å². The molecule has 2 heterocycles. The molecule has 18 heavy (non-hydrogen) atoms. The Balaban J connectivity index is 1.81. The Morgan fingerprint density at radius 1 is 1.44 bits per heavy atom. The zero-order valence-corrected chi connectivity index (χ0v) is 12.1. The van der Waals surface area contributed by atoms with Gasteiger partial charge in [-0.1, -0.05) is 19.9 Å². The lowest BCUT2D eigenvalue weighted by atomic mass is 10.2. The SMILES string of the molecule is CC(C)c1nc(CNC(=O)Cc2cccs2)cs1. The summed E-state index contributed by atoms with van der Waals surface area (Å²) in [4.78, 5) is 17.3. The number of nitrogens with one attached hydrogen (secondary N) is 1. The number of aromatic nitrogens is 1. The van der Waals surface area contributed by atoms with Gasteiger partial charge < -0.3 is 5.32 Å². The Morgan fingerprint density at radius 3 is 2.89 bits per heavy atom. The monoisotopic (exact) mass is 280 g/mol. The summed E-state index contributed by atoms with van der Waals surface area (Å²) in [5.41, 5.74) is 0.947. The molecule has 96 valence electrons. The van der Waals surface area contributed by atoms with Crippen LogP contribution in [-0.4, -0.2) is 10.9 Å². The molecule has 2 aromatic rings. The molecule has 0 aliphatic rings. The van der Waals surface area contributed by atoms with Gasteiger partial charge in [0.25, 0.3) is 0 Å². The molecule has 0 bridgehead atoms. The molecular weight excluding hydrogens is 264 g/mol. The van der Waals surface area contributed by atoms with Gasteiger partial charge in [-0.25, -0.2) is 4.98 Å². The van der Waals surface area contributed by atoms with Gasteiger partial charge in [0.05, 0.1) is 23.7 Å². The van der Waals surface area contributed by atoms with Crippen LogP contribution >= 0.6 is 22.7 Å². The number of rotatable bonds is 5. The van der Waals surface area contributed by atoms with Crippen molar-refractivity contribution in [3.63, 3.8) is 0 Å².